The van der Waals surface area contributed by atoms with Crippen molar-refractivity contribution in [2.24, 2.45) is 0 Å². The molecule has 0 aromatic heterocycles. The van der Waals surface area contributed by atoms with Crippen LogP contribution in [-0.4, -0.2) is 44.3 Å². The van der Waals surface area contributed by atoms with Gasteiger partial charge < -0.3 is 19.7 Å². The van der Waals surface area contributed by atoms with Crippen LogP contribution < -0.4 is 10.1 Å². The number of carbonyl (C=O) groups excluding carboxylic acids is 1. The van der Waals surface area contributed by atoms with Gasteiger partial charge in [0.2, 0.25) is 0 Å². The van der Waals surface area contributed by atoms with Crippen molar-refractivity contribution in [3.63, 3.8) is 0 Å². The highest BCUT2D eigenvalue weighted by Crippen LogP contribution is 2.37. The maximum Gasteiger partial charge on any atom is 0.409 e. The molecule has 1 heterocycles. The first kappa shape index (κ1) is 15.2. The smallest absolute Gasteiger partial charge is 0.409 e. The number of piperidine rings is 1. The van der Waals surface area contributed by atoms with E-state index in [-0.39, 0.29) is 6.09 Å². The third-order valence-corrected chi connectivity index (χ3v) is 4.74. The van der Waals surface area contributed by atoms with Crippen LogP contribution >= 0.6 is 0 Å². The van der Waals surface area contributed by atoms with Crippen molar-refractivity contribution >= 4 is 6.09 Å². The van der Waals surface area contributed by atoms with Crippen LogP contribution in [0.5, 0.6) is 5.75 Å². The lowest BCUT2D eigenvalue weighted by Crippen LogP contribution is -2.48. The van der Waals surface area contributed by atoms with Gasteiger partial charge >= 0.3 is 6.09 Å². The molecule has 0 saturated carbocycles. The first-order valence-corrected chi connectivity index (χ1v) is 7.97. The number of nitrogens with zero attached hydrogens (tertiary/aromatic N) is 1. The molecule has 1 aromatic carbocycles. The Morgan fingerprint density at radius 2 is 2.18 bits per heavy atom. The first-order chi connectivity index (χ1) is 10.7. The fourth-order valence-electron chi connectivity index (χ4n) is 3.68. The highest BCUT2D eigenvalue weighted by atomic mass is 16.5. The number of hydrogen-bond acceptors (Lipinski definition) is 4. The minimum absolute atomic E-state index is 0.222. The Bertz CT molecular complexity index is 547. The number of hydrogen-bond donors (Lipinski definition) is 1. The number of nitrogens with one attached hydrogen (secondary N) is 1. The predicted octanol–water partition coefficient (Wildman–Crippen LogP) is 2.50. The molecule has 2 aliphatic rings. The normalized spacial score (nSPS) is 24.0. The second-order valence-electron chi connectivity index (χ2n) is 6.04. The van der Waals surface area contributed by atoms with Gasteiger partial charge in [0.05, 0.1) is 14.2 Å². The molecule has 1 fully saturated rings. The van der Waals surface area contributed by atoms with Crippen LogP contribution in [-0.2, 0) is 11.2 Å². The van der Waals surface area contributed by atoms with Crippen LogP contribution in [0.25, 0.3) is 0 Å². The van der Waals surface area contributed by atoms with Crippen molar-refractivity contribution in [2.45, 2.75) is 37.8 Å². The molecule has 0 radical (unpaired) electrons. The number of benzene rings is 1. The number of ether oxygens (including phenoxy) is 2. The van der Waals surface area contributed by atoms with Crippen LogP contribution in [0, 0.1) is 0 Å². The van der Waals surface area contributed by atoms with E-state index < -0.39 is 0 Å². The van der Waals surface area contributed by atoms with Gasteiger partial charge in [0.1, 0.15) is 5.75 Å². The summed E-state index contributed by atoms with van der Waals surface area (Å²) in [6.45, 7) is 1.52. The predicted molar refractivity (Wildman–Crippen MR) is 84.2 cm³/mol. The molecule has 5 heteroatoms. The van der Waals surface area contributed by atoms with E-state index in [9.17, 15) is 4.79 Å². The molecule has 2 atom stereocenters. The molecule has 0 unspecified atom stereocenters. The second kappa shape index (κ2) is 6.57. The van der Waals surface area contributed by atoms with Crippen molar-refractivity contribution in [2.75, 3.05) is 27.3 Å². The lowest BCUT2D eigenvalue weighted by molar-refractivity contribution is 0.106. The molecular formula is C17H24N2O3. The Labute approximate surface area is 131 Å². The molecule has 1 aliphatic carbocycles. The summed E-state index contributed by atoms with van der Waals surface area (Å²) >= 11 is 0. The van der Waals surface area contributed by atoms with Crippen LogP contribution in [0.3, 0.4) is 0 Å². The van der Waals surface area contributed by atoms with Crippen LogP contribution in [0.1, 0.15) is 36.4 Å². The van der Waals surface area contributed by atoms with Crippen molar-refractivity contribution < 1.29 is 14.3 Å². The van der Waals surface area contributed by atoms with Gasteiger partial charge in [0, 0.05) is 25.2 Å². The summed E-state index contributed by atoms with van der Waals surface area (Å²) in [7, 11) is 3.17. The Balaban J connectivity index is 1.67. The van der Waals surface area contributed by atoms with Gasteiger partial charge in [0.15, 0.2) is 0 Å². The lowest BCUT2D eigenvalue weighted by atomic mass is 10.0. The van der Waals surface area contributed by atoms with E-state index in [0.29, 0.717) is 12.1 Å². The number of likely N-dealkylation sites (tertiary alicyclic amines) is 1. The van der Waals surface area contributed by atoms with Gasteiger partial charge in [-0.05, 0) is 42.9 Å². The maximum absolute atomic E-state index is 11.7. The van der Waals surface area contributed by atoms with E-state index in [1.54, 1.807) is 12.0 Å². The standard InChI is InChI=1S/C17H24N2O3/c1-21-16-7-3-6-13-14(16)8-9-15(13)18-12-5-4-10-19(11-12)17(20)22-2/h3,6-7,12,15,18H,4-5,8-11H2,1-2H3/t12-,15+/m1/s1. The van der Waals surface area contributed by atoms with Gasteiger partial charge in [-0.15, -0.1) is 0 Å². The van der Waals surface area contributed by atoms with E-state index in [1.165, 1.54) is 18.2 Å². The fraction of sp³-hybridized carbons (Fsp3) is 0.588. The van der Waals surface area contributed by atoms with Gasteiger partial charge in [-0.1, -0.05) is 12.1 Å². The van der Waals surface area contributed by atoms with Crippen molar-refractivity contribution in [3.8, 4) is 5.75 Å². The molecule has 1 N–H and O–H groups in total. The topological polar surface area (TPSA) is 50.8 Å². The number of fused-ring (bicyclic) bond motifs is 1. The average molecular weight is 304 g/mol. The molecule has 1 saturated heterocycles. The quantitative estimate of drug-likeness (QED) is 0.932. The summed E-state index contributed by atoms with van der Waals surface area (Å²) in [5, 5.41) is 3.73. The maximum atomic E-state index is 11.7. The number of amides is 1. The van der Waals surface area contributed by atoms with E-state index in [2.05, 4.69) is 17.4 Å². The van der Waals surface area contributed by atoms with E-state index in [0.717, 1.165) is 44.5 Å². The Kier molecular flexibility index (Phi) is 4.52. The van der Waals surface area contributed by atoms with Gasteiger partial charge in [-0.2, -0.15) is 0 Å². The first-order valence-electron chi connectivity index (χ1n) is 7.97. The van der Waals surface area contributed by atoms with Crippen LogP contribution in [0.2, 0.25) is 0 Å². The van der Waals surface area contributed by atoms with Crippen molar-refractivity contribution in [1.82, 2.24) is 10.2 Å². The summed E-state index contributed by atoms with van der Waals surface area (Å²) in [5.41, 5.74) is 2.66. The van der Waals surface area contributed by atoms with Gasteiger partial charge in [0.25, 0.3) is 0 Å². The Morgan fingerprint density at radius 1 is 1.32 bits per heavy atom. The molecule has 5 nitrogen and oxygen atoms in total. The molecule has 0 bridgehead atoms. The van der Waals surface area contributed by atoms with E-state index in [4.69, 9.17) is 9.47 Å². The zero-order chi connectivity index (χ0) is 15.5. The monoisotopic (exact) mass is 304 g/mol. The SMILES string of the molecule is COC(=O)N1CCC[C@@H](N[C@H]2CCc3c(OC)cccc32)C1. The number of rotatable bonds is 3. The highest BCUT2D eigenvalue weighted by molar-refractivity contribution is 5.67. The number of carbonyl (C=O) groups is 1. The summed E-state index contributed by atoms with van der Waals surface area (Å²) in [5.74, 6) is 0.988. The minimum atomic E-state index is -0.222. The largest absolute Gasteiger partial charge is 0.496 e. The fourth-order valence-corrected chi connectivity index (χ4v) is 3.68. The zero-order valence-corrected chi connectivity index (χ0v) is 13.3. The summed E-state index contributed by atoms with van der Waals surface area (Å²) in [4.78, 5) is 13.5. The Morgan fingerprint density at radius 3 is 2.95 bits per heavy atom. The van der Waals surface area contributed by atoms with E-state index >= 15 is 0 Å². The van der Waals surface area contributed by atoms with Gasteiger partial charge in [-0.3, -0.25) is 0 Å². The summed E-state index contributed by atoms with van der Waals surface area (Å²) < 4.78 is 10.3. The zero-order valence-electron chi connectivity index (χ0n) is 13.3. The molecule has 1 amide bonds. The minimum Gasteiger partial charge on any atom is -0.496 e. The van der Waals surface area contributed by atoms with Crippen LogP contribution in [0.4, 0.5) is 4.79 Å². The average Bonchev–Trinajstić information content (AvgIpc) is 2.97. The molecule has 1 aromatic rings. The third kappa shape index (κ3) is 2.90. The highest BCUT2D eigenvalue weighted by Gasteiger charge is 2.30. The molecule has 0 spiro atoms. The number of methoxy groups -OCH3 is 2. The molecule has 22 heavy (non-hydrogen) atoms. The van der Waals surface area contributed by atoms with E-state index in [1.807, 2.05) is 6.07 Å². The van der Waals surface area contributed by atoms with Gasteiger partial charge in [-0.25, -0.2) is 4.79 Å². The summed E-state index contributed by atoms with van der Waals surface area (Å²) in [6, 6.07) is 6.95. The summed E-state index contributed by atoms with van der Waals surface area (Å²) in [6.07, 6.45) is 4.03. The molecule has 120 valence electrons. The Hall–Kier alpha value is -1.75. The molecule has 3 rings (SSSR count). The van der Waals surface area contributed by atoms with Crippen LogP contribution in [0.15, 0.2) is 18.2 Å². The third-order valence-electron chi connectivity index (χ3n) is 4.74. The lowest BCUT2D eigenvalue weighted by Gasteiger charge is -2.34. The molecule has 1 aliphatic heterocycles. The molecular weight excluding hydrogens is 280 g/mol. The van der Waals surface area contributed by atoms with Crippen molar-refractivity contribution in [3.05, 3.63) is 29.3 Å². The van der Waals surface area contributed by atoms with Crippen molar-refractivity contribution in [1.29, 1.82) is 0 Å². The second-order valence-corrected chi connectivity index (χ2v) is 6.04.